The van der Waals surface area contributed by atoms with E-state index in [9.17, 15) is 4.79 Å². The predicted molar refractivity (Wildman–Crippen MR) is 79.6 cm³/mol. The predicted octanol–water partition coefficient (Wildman–Crippen LogP) is 2.43. The van der Waals surface area contributed by atoms with Crippen molar-refractivity contribution in [3.05, 3.63) is 53.6 Å². The Balaban J connectivity index is 2.06. The molecule has 0 fully saturated rings. The van der Waals surface area contributed by atoms with E-state index in [1.807, 2.05) is 67.9 Å². The molecule has 1 aromatic heterocycles. The molecule has 0 saturated carbocycles. The molecule has 1 heterocycles. The Labute approximate surface area is 120 Å². The molecule has 0 aliphatic rings. The van der Waals surface area contributed by atoms with Gasteiger partial charge in [-0.15, -0.1) is 0 Å². The number of aryl methyl sites for hydroxylation is 2. The van der Waals surface area contributed by atoms with Crippen molar-refractivity contribution in [2.45, 2.75) is 26.4 Å². The minimum absolute atomic E-state index is 0.140. The van der Waals surface area contributed by atoms with Gasteiger partial charge in [-0.2, -0.15) is 0 Å². The maximum atomic E-state index is 12.4. The first-order valence-electron chi connectivity index (χ1n) is 6.76. The third-order valence-electron chi connectivity index (χ3n) is 3.69. The maximum absolute atomic E-state index is 12.4. The molecule has 0 amide bonds. The molecule has 0 saturated heterocycles. The number of carbonyl (C=O) groups excluding carboxylic acids is 1. The highest BCUT2D eigenvalue weighted by Crippen LogP contribution is 2.11. The van der Waals surface area contributed by atoms with Crippen molar-refractivity contribution in [3.8, 4) is 0 Å². The van der Waals surface area contributed by atoms with Crippen molar-refractivity contribution in [3.63, 3.8) is 0 Å². The minimum Gasteiger partial charge on any atom is -0.337 e. The zero-order valence-electron chi connectivity index (χ0n) is 12.5. The quantitative estimate of drug-likeness (QED) is 0.784. The van der Waals surface area contributed by atoms with Crippen LogP contribution in [0.2, 0.25) is 0 Å². The fourth-order valence-electron chi connectivity index (χ4n) is 2.07. The number of imidazole rings is 1. The van der Waals surface area contributed by atoms with Crippen LogP contribution in [0.15, 0.2) is 36.7 Å². The standard InChI is InChI=1S/C16H21N3O/c1-12-5-7-14(8-6-12)16(20)13(2)19(4)11-15-17-9-10-18(15)3/h5-10,13H,11H2,1-4H3. The van der Waals surface area contributed by atoms with Crippen molar-refractivity contribution >= 4 is 5.78 Å². The first kappa shape index (κ1) is 14.5. The topological polar surface area (TPSA) is 38.1 Å². The van der Waals surface area contributed by atoms with E-state index in [0.29, 0.717) is 6.54 Å². The van der Waals surface area contributed by atoms with Gasteiger partial charge in [-0.1, -0.05) is 29.8 Å². The number of rotatable bonds is 5. The Morgan fingerprint density at radius 2 is 2.00 bits per heavy atom. The van der Waals surface area contributed by atoms with Crippen LogP contribution in [0.1, 0.15) is 28.7 Å². The summed E-state index contributed by atoms with van der Waals surface area (Å²) in [5.74, 6) is 1.10. The van der Waals surface area contributed by atoms with Crippen LogP contribution in [0.25, 0.3) is 0 Å². The van der Waals surface area contributed by atoms with Crippen LogP contribution >= 0.6 is 0 Å². The van der Waals surface area contributed by atoms with E-state index in [1.165, 1.54) is 0 Å². The van der Waals surface area contributed by atoms with Gasteiger partial charge in [0.15, 0.2) is 5.78 Å². The van der Waals surface area contributed by atoms with Gasteiger partial charge >= 0.3 is 0 Å². The van der Waals surface area contributed by atoms with E-state index in [4.69, 9.17) is 0 Å². The molecule has 1 unspecified atom stereocenters. The summed E-state index contributed by atoms with van der Waals surface area (Å²) in [5, 5.41) is 0. The van der Waals surface area contributed by atoms with Gasteiger partial charge in [0.05, 0.1) is 12.6 Å². The van der Waals surface area contributed by atoms with Gasteiger partial charge in [-0.25, -0.2) is 4.98 Å². The Morgan fingerprint density at radius 3 is 2.55 bits per heavy atom. The molecule has 106 valence electrons. The van der Waals surface area contributed by atoms with Gasteiger partial charge in [-0.05, 0) is 20.9 Å². The van der Waals surface area contributed by atoms with Gasteiger partial charge in [-0.3, -0.25) is 9.69 Å². The molecular weight excluding hydrogens is 250 g/mol. The normalized spacial score (nSPS) is 12.7. The first-order valence-corrected chi connectivity index (χ1v) is 6.76. The van der Waals surface area contributed by atoms with E-state index in [2.05, 4.69) is 4.98 Å². The third-order valence-corrected chi connectivity index (χ3v) is 3.69. The molecule has 0 bridgehead atoms. The summed E-state index contributed by atoms with van der Waals surface area (Å²) in [6.07, 6.45) is 3.69. The average Bonchev–Trinajstić information content (AvgIpc) is 2.83. The SMILES string of the molecule is Cc1ccc(C(=O)C(C)N(C)Cc2nccn2C)cc1. The largest absolute Gasteiger partial charge is 0.337 e. The molecule has 2 aromatic rings. The summed E-state index contributed by atoms with van der Waals surface area (Å²) in [7, 11) is 3.91. The van der Waals surface area contributed by atoms with Crippen molar-refractivity contribution < 1.29 is 4.79 Å². The van der Waals surface area contributed by atoms with E-state index in [0.717, 1.165) is 17.0 Å². The summed E-state index contributed by atoms with van der Waals surface area (Å²) < 4.78 is 1.97. The smallest absolute Gasteiger partial charge is 0.179 e. The summed E-state index contributed by atoms with van der Waals surface area (Å²) in [5.41, 5.74) is 1.92. The van der Waals surface area contributed by atoms with Crippen molar-refractivity contribution in [1.82, 2.24) is 14.5 Å². The molecule has 4 nitrogen and oxygen atoms in total. The second-order valence-corrected chi connectivity index (χ2v) is 5.28. The second-order valence-electron chi connectivity index (χ2n) is 5.28. The van der Waals surface area contributed by atoms with Crippen LogP contribution in [0.4, 0.5) is 0 Å². The Hall–Kier alpha value is -1.94. The number of benzene rings is 1. The fourth-order valence-corrected chi connectivity index (χ4v) is 2.07. The zero-order valence-corrected chi connectivity index (χ0v) is 12.5. The lowest BCUT2D eigenvalue weighted by molar-refractivity contribution is 0.0859. The number of likely N-dealkylation sites (N-methyl/N-ethyl adjacent to an activating group) is 1. The van der Waals surface area contributed by atoms with Crippen molar-refractivity contribution in [2.75, 3.05) is 7.05 Å². The van der Waals surface area contributed by atoms with Crippen LogP contribution in [-0.2, 0) is 13.6 Å². The highest BCUT2D eigenvalue weighted by Gasteiger charge is 2.20. The zero-order chi connectivity index (χ0) is 14.7. The Kier molecular flexibility index (Phi) is 4.35. The number of nitrogens with zero attached hydrogens (tertiary/aromatic N) is 3. The molecule has 0 spiro atoms. The van der Waals surface area contributed by atoms with Gasteiger partial charge in [0.1, 0.15) is 5.82 Å². The first-order chi connectivity index (χ1) is 9.49. The molecule has 1 atom stereocenters. The van der Waals surface area contributed by atoms with Gasteiger partial charge in [0.25, 0.3) is 0 Å². The van der Waals surface area contributed by atoms with E-state index >= 15 is 0 Å². The molecule has 4 heteroatoms. The van der Waals surface area contributed by atoms with Crippen LogP contribution < -0.4 is 0 Å². The number of hydrogen-bond donors (Lipinski definition) is 0. The molecule has 0 N–H and O–H groups in total. The summed E-state index contributed by atoms with van der Waals surface area (Å²) >= 11 is 0. The number of carbonyl (C=O) groups is 1. The van der Waals surface area contributed by atoms with Crippen LogP contribution in [0, 0.1) is 6.92 Å². The van der Waals surface area contributed by atoms with Crippen LogP contribution in [0.3, 0.4) is 0 Å². The molecule has 0 radical (unpaired) electrons. The Morgan fingerprint density at radius 1 is 1.35 bits per heavy atom. The third kappa shape index (κ3) is 3.14. The lowest BCUT2D eigenvalue weighted by atomic mass is 10.0. The van der Waals surface area contributed by atoms with E-state index in [1.54, 1.807) is 6.20 Å². The lowest BCUT2D eigenvalue weighted by Gasteiger charge is -2.23. The average molecular weight is 271 g/mol. The molecule has 20 heavy (non-hydrogen) atoms. The minimum atomic E-state index is -0.172. The van der Waals surface area contributed by atoms with Gasteiger partial charge in [0.2, 0.25) is 0 Å². The molecular formula is C16H21N3O. The highest BCUT2D eigenvalue weighted by atomic mass is 16.1. The molecule has 2 rings (SSSR count). The summed E-state index contributed by atoms with van der Waals surface area (Å²) in [6.45, 7) is 4.61. The number of aromatic nitrogens is 2. The number of ketones is 1. The number of Topliss-reactive ketones (excluding diaryl/α,β-unsaturated/α-hetero) is 1. The van der Waals surface area contributed by atoms with Crippen molar-refractivity contribution in [1.29, 1.82) is 0 Å². The maximum Gasteiger partial charge on any atom is 0.179 e. The second kappa shape index (κ2) is 6.01. The lowest BCUT2D eigenvalue weighted by Crippen LogP contribution is -2.36. The monoisotopic (exact) mass is 271 g/mol. The molecule has 0 aliphatic carbocycles. The fraction of sp³-hybridized carbons (Fsp3) is 0.375. The summed E-state index contributed by atoms with van der Waals surface area (Å²) in [4.78, 5) is 18.8. The van der Waals surface area contributed by atoms with E-state index < -0.39 is 0 Å². The van der Waals surface area contributed by atoms with Gasteiger partial charge in [0, 0.05) is 25.0 Å². The Bertz CT molecular complexity index is 586. The van der Waals surface area contributed by atoms with Gasteiger partial charge < -0.3 is 4.57 Å². The molecule has 1 aromatic carbocycles. The highest BCUT2D eigenvalue weighted by molar-refractivity contribution is 5.99. The van der Waals surface area contributed by atoms with Crippen LogP contribution in [-0.4, -0.2) is 33.3 Å². The van der Waals surface area contributed by atoms with Crippen LogP contribution in [0.5, 0.6) is 0 Å². The summed E-state index contributed by atoms with van der Waals surface area (Å²) in [6, 6.07) is 7.55. The molecule has 0 aliphatic heterocycles. The number of hydrogen-bond acceptors (Lipinski definition) is 3. The van der Waals surface area contributed by atoms with E-state index in [-0.39, 0.29) is 11.8 Å². The van der Waals surface area contributed by atoms with Crippen molar-refractivity contribution in [2.24, 2.45) is 7.05 Å².